The van der Waals surface area contributed by atoms with E-state index < -0.39 is 15.7 Å². The lowest BCUT2D eigenvalue weighted by Crippen LogP contribution is -2.39. The Morgan fingerprint density at radius 3 is 1.85 bits per heavy atom. The van der Waals surface area contributed by atoms with Crippen molar-refractivity contribution < 1.29 is 17.7 Å². The predicted octanol–water partition coefficient (Wildman–Crippen LogP) is 6.81. The van der Waals surface area contributed by atoms with Crippen LogP contribution in [0.4, 0.5) is 0 Å². The van der Waals surface area contributed by atoms with Crippen molar-refractivity contribution in [2.75, 3.05) is 6.26 Å². The lowest BCUT2D eigenvalue weighted by atomic mass is 9.69. The third-order valence-corrected chi connectivity index (χ3v) is 8.72. The van der Waals surface area contributed by atoms with Crippen molar-refractivity contribution in [2.45, 2.75) is 91.6 Å². The molecule has 1 N–H and O–H groups in total. The first kappa shape index (κ1) is 28.4. The summed E-state index contributed by atoms with van der Waals surface area (Å²) in [6.45, 7) is 15.2. The number of aliphatic hydroxyl groups is 1. The Hall–Kier alpha value is -1.85. The van der Waals surface area contributed by atoms with Gasteiger partial charge in [-0.3, -0.25) is 0 Å². The van der Waals surface area contributed by atoms with Crippen molar-refractivity contribution in [1.82, 2.24) is 0 Å². The lowest BCUT2D eigenvalue weighted by Gasteiger charge is -2.37. The van der Waals surface area contributed by atoms with Gasteiger partial charge in [0.25, 0.3) is 0 Å². The topological polar surface area (TPSA) is 63.6 Å². The Morgan fingerprint density at radius 2 is 1.41 bits per heavy atom. The average Bonchev–Trinajstić information content (AvgIpc) is 2.80. The maximum Gasteiger partial charge on any atom is 0.306 e. The molecule has 0 aliphatic rings. The molecule has 0 saturated heterocycles. The predicted molar refractivity (Wildman–Crippen MR) is 142 cm³/mol. The van der Waals surface area contributed by atoms with Gasteiger partial charge in [-0.2, -0.15) is 8.42 Å². The maximum atomic E-state index is 11.5. The van der Waals surface area contributed by atoms with Crippen molar-refractivity contribution in [1.29, 1.82) is 0 Å². The van der Waals surface area contributed by atoms with Gasteiger partial charge >= 0.3 is 10.1 Å². The van der Waals surface area contributed by atoms with Crippen molar-refractivity contribution in [3.05, 3.63) is 64.7 Å². The number of hydrogen-bond acceptors (Lipinski definition) is 4. The molecule has 0 aromatic heterocycles. The standard InChI is InChI=1S/C29H44O4S/c1-9-28(10-2,25-15-17-27(18-16-25)33-34(8,31)32)26-14-13-24(22(6)20-26)19-21(5)23(7)29(30,11-3)12-4/h13-18,20-21,23,30H,9-12,19H2,1-8H3. The fourth-order valence-electron chi connectivity index (χ4n) is 5.41. The van der Waals surface area contributed by atoms with Crippen molar-refractivity contribution in [3.63, 3.8) is 0 Å². The Kier molecular flexibility index (Phi) is 9.40. The number of benzene rings is 2. The molecule has 5 heteroatoms. The molecule has 2 atom stereocenters. The molecule has 2 aromatic rings. The molecule has 0 saturated carbocycles. The average molecular weight is 489 g/mol. The van der Waals surface area contributed by atoms with E-state index in [2.05, 4.69) is 66.7 Å². The van der Waals surface area contributed by atoms with Crippen LogP contribution in [0.15, 0.2) is 42.5 Å². The summed E-state index contributed by atoms with van der Waals surface area (Å²) in [6, 6.07) is 14.3. The van der Waals surface area contributed by atoms with E-state index in [9.17, 15) is 13.5 Å². The molecule has 4 nitrogen and oxygen atoms in total. The minimum atomic E-state index is -3.54. The Labute approximate surface area is 207 Å². The second-order valence-corrected chi connectivity index (χ2v) is 11.6. The zero-order valence-electron chi connectivity index (χ0n) is 22.3. The molecule has 2 aromatic carbocycles. The van der Waals surface area contributed by atoms with Crippen LogP contribution in [0, 0.1) is 18.8 Å². The van der Waals surface area contributed by atoms with E-state index in [4.69, 9.17) is 4.18 Å². The zero-order chi connectivity index (χ0) is 25.7. The summed E-state index contributed by atoms with van der Waals surface area (Å²) in [4.78, 5) is 0. The Bertz CT molecular complexity index is 1030. The molecule has 0 fully saturated rings. The van der Waals surface area contributed by atoms with Gasteiger partial charge < -0.3 is 9.29 Å². The number of hydrogen-bond donors (Lipinski definition) is 1. The van der Waals surface area contributed by atoms with Crippen LogP contribution in [0.2, 0.25) is 0 Å². The van der Waals surface area contributed by atoms with E-state index in [-0.39, 0.29) is 11.3 Å². The summed E-state index contributed by atoms with van der Waals surface area (Å²) < 4.78 is 27.9. The van der Waals surface area contributed by atoms with Gasteiger partial charge in [-0.1, -0.05) is 71.9 Å². The molecule has 2 unspecified atom stereocenters. The quantitative estimate of drug-likeness (QED) is 0.334. The molecule has 0 heterocycles. The number of aryl methyl sites for hydroxylation is 1. The highest BCUT2D eigenvalue weighted by atomic mass is 32.2. The third kappa shape index (κ3) is 6.23. The molecule has 0 bridgehead atoms. The highest BCUT2D eigenvalue weighted by Crippen LogP contribution is 2.41. The van der Waals surface area contributed by atoms with Crippen LogP contribution in [-0.4, -0.2) is 25.4 Å². The van der Waals surface area contributed by atoms with Crippen LogP contribution in [0.3, 0.4) is 0 Å². The van der Waals surface area contributed by atoms with Crippen LogP contribution in [0.5, 0.6) is 5.75 Å². The third-order valence-electron chi connectivity index (χ3n) is 8.22. The lowest BCUT2D eigenvalue weighted by molar-refractivity contribution is -0.0386. The maximum absolute atomic E-state index is 11.5. The molecule has 0 aliphatic heterocycles. The van der Waals surface area contributed by atoms with Gasteiger partial charge in [0.05, 0.1) is 11.9 Å². The van der Waals surface area contributed by atoms with E-state index in [1.807, 2.05) is 12.1 Å². The molecule has 2 rings (SSSR count). The fourth-order valence-corrected chi connectivity index (χ4v) is 5.87. The second-order valence-electron chi connectivity index (χ2n) is 10.0. The normalized spacial score (nSPS) is 14.6. The molecule has 0 radical (unpaired) electrons. The Balaban J connectivity index is 2.35. The zero-order valence-corrected chi connectivity index (χ0v) is 23.1. The molecular formula is C29H44O4S. The highest BCUT2D eigenvalue weighted by Gasteiger charge is 2.34. The van der Waals surface area contributed by atoms with E-state index in [1.54, 1.807) is 12.1 Å². The van der Waals surface area contributed by atoms with Crippen molar-refractivity contribution >= 4 is 10.1 Å². The summed E-state index contributed by atoms with van der Waals surface area (Å²) in [7, 11) is -3.54. The molecule has 0 amide bonds. The van der Waals surface area contributed by atoms with E-state index >= 15 is 0 Å². The minimum Gasteiger partial charge on any atom is -0.390 e. The van der Waals surface area contributed by atoms with Gasteiger partial charge in [0.15, 0.2) is 0 Å². The first-order valence-electron chi connectivity index (χ1n) is 12.7. The summed E-state index contributed by atoms with van der Waals surface area (Å²) in [5.41, 5.74) is 4.27. The van der Waals surface area contributed by atoms with Crippen LogP contribution in [-0.2, 0) is 22.0 Å². The van der Waals surface area contributed by atoms with E-state index in [1.165, 1.54) is 16.7 Å². The van der Waals surface area contributed by atoms with Gasteiger partial charge in [0, 0.05) is 5.41 Å². The van der Waals surface area contributed by atoms with Gasteiger partial charge in [0.2, 0.25) is 0 Å². The van der Waals surface area contributed by atoms with Gasteiger partial charge in [-0.15, -0.1) is 0 Å². The fraction of sp³-hybridized carbons (Fsp3) is 0.586. The molecule has 34 heavy (non-hydrogen) atoms. The van der Waals surface area contributed by atoms with Crippen molar-refractivity contribution in [3.8, 4) is 5.75 Å². The van der Waals surface area contributed by atoms with Gasteiger partial charge in [-0.25, -0.2) is 0 Å². The van der Waals surface area contributed by atoms with Crippen LogP contribution < -0.4 is 4.18 Å². The first-order valence-corrected chi connectivity index (χ1v) is 14.5. The van der Waals surface area contributed by atoms with Gasteiger partial charge in [-0.05, 0) is 85.3 Å². The first-order chi connectivity index (χ1) is 15.9. The SMILES string of the molecule is CCC(CC)(c1ccc(OS(C)(=O)=O)cc1)c1ccc(CC(C)C(C)C(O)(CC)CC)c(C)c1. The minimum absolute atomic E-state index is 0.156. The van der Waals surface area contributed by atoms with Crippen LogP contribution in [0.25, 0.3) is 0 Å². The molecule has 190 valence electrons. The summed E-state index contributed by atoms with van der Waals surface area (Å²) >= 11 is 0. The largest absolute Gasteiger partial charge is 0.390 e. The second kappa shape index (κ2) is 11.3. The smallest absolute Gasteiger partial charge is 0.306 e. The highest BCUT2D eigenvalue weighted by molar-refractivity contribution is 7.86. The van der Waals surface area contributed by atoms with Gasteiger partial charge in [0.1, 0.15) is 5.75 Å². The molecular weight excluding hydrogens is 444 g/mol. The van der Waals surface area contributed by atoms with Crippen LogP contribution >= 0.6 is 0 Å². The van der Waals surface area contributed by atoms with E-state index in [0.717, 1.165) is 43.9 Å². The summed E-state index contributed by atoms with van der Waals surface area (Å²) in [5.74, 6) is 0.930. The summed E-state index contributed by atoms with van der Waals surface area (Å²) in [5, 5.41) is 11.0. The Morgan fingerprint density at radius 1 is 0.882 bits per heavy atom. The van der Waals surface area contributed by atoms with E-state index in [0.29, 0.717) is 11.7 Å². The van der Waals surface area contributed by atoms with Crippen molar-refractivity contribution in [2.24, 2.45) is 11.8 Å². The molecule has 0 aliphatic carbocycles. The molecule has 0 spiro atoms. The monoisotopic (exact) mass is 488 g/mol. The van der Waals surface area contributed by atoms with Crippen LogP contribution in [0.1, 0.15) is 89.5 Å². The summed E-state index contributed by atoms with van der Waals surface area (Å²) in [6.07, 6.45) is 5.41. The number of rotatable bonds is 12.